The Morgan fingerprint density at radius 2 is 1.96 bits per heavy atom. The average Bonchev–Trinajstić information content (AvgIpc) is 3.02. The van der Waals surface area contributed by atoms with Crippen LogP contribution < -0.4 is 5.56 Å². The number of allylic oxidation sites excluding steroid dienone is 1. The van der Waals surface area contributed by atoms with Crippen molar-refractivity contribution in [2.75, 3.05) is 13.2 Å². The van der Waals surface area contributed by atoms with Crippen LogP contribution >= 0.6 is 11.6 Å². The summed E-state index contributed by atoms with van der Waals surface area (Å²) in [6.45, 7) is 3.04. The van der Waals surface area contributed by atoms with Gasteiger partial charge in [0, 0.05) is 19.9 Å². The van der Waals surface area contributed by atoms with Crippen molar-refractivity contribution in [3.05, 3.63) is 33.2 Å². The lowest BCUT2D eigenvalue weighted by atomic mass is 9.91. The molecule has 0 aromatic carbocycles. The minimum Gasteiger partial charge on any atom is -0.347 e. The van der Waals surface area contributed by atoms with Crippen LogP contribution in [0.4, 0.5) is 0 Å². The molecule has 0 radical (unpaired) electrons. The highest BCUT2D eigenvalue weighted by Crippen LogP contribution is 2.38. The molecule has 0 unspecified atom stereocenters. The summed E-state index contributed by atoms with van der Waals surface area (Å²) in [7, 11) is 1.66. The lowest BCUT2D eigenvalue weighted by Gasteiger charge is -2.30. The highest BCUT2D eigenvalue weighted by Gasteiger charge is 2.38. The monoisotopic (exact) mass is 348 g/mol. The zero-order valence-electron chi connectivity index (χ0n) is 13.5. The van der Waals surface area contributed by atoms with E-state index in [4.69, 9.17) is 21.1 Å². The first kappa shape index (κ1) is 15.7. The van der Waals surface area contributed by atoms with Gasteiger partial charge in [-0.05, 0) is 30.5 Å². The van der Waals surface area contributed by atoms with Gasteiger partial charge in [0.05, 0.1) is 18.9 Å². The van der Waals surface area contributed by atoms with Gasteiger partial charge in [-0.25, -0.2) is 15.0 Å². The maximum absolute atomic E-state index is 12.5. The van der Waals surface area contributed by atoms with Crippen LogP contribution in [0.3, 0.4) is 0 Å². The minimum atomic E-state index is -0.504. The number of nitrogens with zero attached hydrogens (tertiary/aromatic N) is 4. The van der Waals surface area contributed by atoms with Crippen LogP contribution in [0.25, 0.3) is 16.6 Å². The molecule has 0 N–H and O–H groups in total. The third-order valence-electron chi connectivity index (χ3n) is 4.68. The molecular formula is C16H17ClN4O3. The fourth-order valence-electron chi connectivity index (χ4n) is 3.23. The SMILES string of the molecule is Cc1nc2c(C3=CCC4(CC3)OCCO4)nc(Cl)nc2c(=O)n1C. The molecule has 1 saturated heterocycles. The normalized spacial score (nSPS) is 19.9. The molecular weight excluding hydrogens is 332 g/mol. The van der Waals surface area contributed by atoms with Crippen molar-refractivity contribution in [3.8, 4) is 0 Å². The van der Waals surface area contributed by atoms with Crippen LogP contribution in [-0.4, -0.2) is 38.5 Å². The molecule has 1 fully saturated rings. The smallest absolute Gasteiger partial charge is 0.279 e. The third kappa shape index (κ3) is 2.44. The molecule has 2 aliphatic rings. The number of halogens is 1. The number of aromatic nitrogens is 4. The van der Waals surface area contributed by atoms with Crippen molar-refractivity contribution in [1.29, 1.82) is 0 Å². The summed E-state index contributed by atoms with van der Waals surface area (Å²) >= 11 is 6.05. The largest absolute Gasteiger partial charge is 0.347 e. The van der Waals surface area contributed by atoms with Gasteiger partial charge in [-0.3, -0.25) is 9.36 Å². The van der Waals surface area contributed by atoms with E-state index in [2.05, 4.69) is 15.0 Å². The predicted octanol–water partition coefficient (Wildman–Crippen LogP) is 2.00. The summed E-state index contributed by atoms with van der Waals surface area (Å²) in [5.74, 6) is 0.102. The Morgan fingerprint density at radius 3 is 2.62 bits per heavy atom. The summed E-state index contributed by atoms with van der Waals surface area (Å²) in [4.78, 5) is 25.4. The number of aryl methyl sites for hydroxylation is 1. The number of ether oxygens (including phenoxy) is 2. The van der Waals surface area contributed by atoms with Crippen molar-refractivity contribution >= 4 is 28.2 Å². The van der Waals surface area contributed by atoms with Crippen molar-refractivity contribution < 1.29 is 9.47 Å². The second kappa shape index (κ2) is 5.61. The first-order valence-corrected chi connectivity index (χ1v) is 8.25. The topological polar surface area (TPSA) is 79.1 Å². The van der Waals surface area contributed by atoms with E-state index in [1.54, 1.807) is 14.0 Å². The molecule has 8 heteroatoms. The summed E-state index contributed by atoms with van der Waals surface area (Å²) in [6.07, 6.45) is 4.15. The van der Waals surface area contributed by atoms with Crippen LogP contribution in [0.5, 0.6) is 0 Å². The summed E-state index contributed by atoms with van der Waals surface area (Å²) in [5, 5.41) is 0.0507. The number of hydrogen-bond acceptors (Lipinski definition) is 6. The zero-order chi connectivity index (χ0) is 16.9. The molecule has 0 saturated carbocycles. The van der Waals surface area contributed by atoms with E-state index in [-0.39, 0.29) is 16.4 Å². The highest BCUT2D eigenvalue weighted by atomic mass is 35.5. The predicted molar refractivity (Wildman–Crippen MR) is 88.8 cm³/mol. The average molecular weight is 349 g/mol. The Labute approximate surface area is 143 Å². The van der Waals surface area contributed by atoms with Crippen molar-refractivity contribution in [2.45, 2.75) is 32.0 Å². The van der Waals surface area contributed by atoms with E-state index in [0.717, 1.165) is 18.4 Å². The van der Waals surface area contributed by atoms with Gasteiger partial charge in [0.15, 0.2) is 11.3 Å². The van der Waals surface area contributed by atoms with Gasteiger partial charge in [-0.1, -0.05) is 6.08 Å². The lowest BCUT2D eigenvalue weighted by molar-refractivity contribution is -0.159. The molecule has 0 amide bonds. The van der Waals surface area contributed by atoms with E-state index in [0.29, 0.717) is 36.7 Å². The molecule has 3 heterocycles. The maximum atomic E-state index is 12.5. The van der Waals surface area contributed by atoms with Gasteiger partial charge >= 0.3 is 0 Å². The summed E-state index contributed by atoms with van der Waals surface area (Å²) < 4.78 is 12.9. The van der Waals surface area contributed by atoms with Gasteiger partial charge in [0.2, 0.25) is 5.28 Å². The van der Waals surface area contributed by atoms with Crippen LogP contribution in [0.1, 0.15) is 30.8 Å². The first-order valence-electron chi connectivity index (χ1n) is 7.87. The summed E-state index contributed by atoms with van der Waals surface area (Å²) in [6, 6.07) is 0. The van der Waals surface area contributed by atoms with Crippen molar-refractivity contribution in [2.24, 2.45) is 7.05 Å². The van der Waals surface area contributed by atoms with E-state index in [1.165, 1.54) is 4.57 Å². The van der Waals surface area contributed by atoms with E-state index < -0.39 is 5.79 Å². The van der Waals surface area contributed by atoms with Crippen LogP contribution in [0.15, 0.2) is 10.9 Å². The lowest BCUT2D eigenvalue weighted by Crippen LogP contribution is -2.31. The summed E-state index contributed by atoms with van der Waals surface area (Å²) in [5.41, 5.74) is 2.13. The number of fused-ring (bicyclic) bond motifs is 1. The van der Waals surface area contributed by atoms with E-state index in [1.807, 2.05) is 6.08 Å². The van der Waals surface area contributed by atoms with E-state index >= 15 is 0 Å². The molecule has 0 atom stereocenters. The zero-order valence-corrected chi connectivity index (χ0v) is 14.3. The third-order valence-corrected chi connectivity index (χ3v) is 4.84. The molecule has 2 aromatic heterocycles. The van der Waals surface area contributed by atoms with Gasteiger partial charge < -0.3 is 9.47 Å². The molecule has 2 aromatic rings. The quantitative estimate of drug-likeness (QED) is 0.733. The van der Waals surface area contributed by atoms with Crippen LogP contribution in [-0.2, 0) is 16.5 Å². The van der Waals surface area contributed by atoms with Crippen molar-refractivity contribution in [1.82, 2.24) is 19.5 Å². The first-order chi connectivity index (χ1) is 11.5. The molecule has 24 heavy (non-hydrogen) atoms. The van der Waals surface area contributed by atoms with Gasteiger partial charge in [-0.15, -0.1) is 0 Å². The van der Waals surface area contributed by atoms with Gasteiger partial charge in [-0.2, -0.15) is 0 Å². The molecule has 1 aliphatic carbocycles. The molecule has 7 nitrogen and oxygen atoms in total. The highest BCUT2D eigenvalue weighted by molar-refractivity contribution is 6.28. The number of hydrogen-bond donors (Lipinski definition) is 0. The Morgan fingerprint density at radius 1 is 1.21 bits per heavy atom. The second-order valence-electron chi connectivity index (χ2n) is 6.10. The van der Waals surface area contributed by atoms with Crippen LogP contribution in [0.2, 0.25) is 5.28 Å². The fraction of sp³-hybridized carbons (Fsp3) is 0.500. The molecule has 4 rings (SSSR count). The maximum Gasteiger partial charge on any atom is 0.279 e. The molecule has 1 aliphatic heterocycles. The Hall–Kier alpha value is -1.83. The van der Waals surface area contributed by atoms with Gasteiger partial charge in [0.1, 0.15) is 11.3 Å². The molecule has 0 bridgehead atoms. The fourth-order valence-corrected chi connectivity index (χ4v) is 3.40. The molecule has 126 valence electrons. The molecule has 1 spiro atoms. The standard InChI is InChI=1S/C16H17ClN4O3/c1-9-18-12-11(19-15(17)20-13(12)14(22)21(9)2)10-3-5-16(6-4-10)23-7-8-24-16/h3H,4-8H2,1-2H3. The Balaban J connectivity index is 1.85. The number of rotatable bonds is 1. The second-order valence-corrected chi connectivity index (χ2v) is 6.44. The minimum absolute atomic E-state index is 0.0507. The Bertz CT molecular complexity index is 916. The Kier molecular flexibility index (Phi) is 3.67. The van der Waals surface area contributed by atoms with E-state index in [9.17, 15) is 4.79 Å². The van der Waals surface area contributed by atoms with Gasteiger partial charge in [0.25, 0.3) is 5.56 Å². The van der Waals surface area contributed by atoms with Crippen LogP contribution in [0, 0.1) is 6.92 Å². The van der Waals surface area contributed by atoms with Crippen molar-refractivity contribution in [3.63, 3.8) is 0 Å².